The Morgan fingerprint density at radius 3 is 2.88 bits per heavy atom. The summed E-state index contributed by atoms with van der Waals surface area (Å²) >= 11 is 0. The first-order valence-corrected chi connectivity index (χ1v) is 5.05. The van der Waals surface area contributed by atoms with Gasteiger partial charge in [0.05, 0.1) is 24.7 Å². The molecule has 0 aliphatic rings. The third-order valence-electron chi connectivity index (χ3n) is 2.38. The average molecular weight is 237 g/mol. The van der Waals surface area contributed by atoms with Gasteiger partial charge in [-0.1, -0.05) is 0 Å². The van der Waals surface area contributed by atoms with E-state index < -0.39 is 5.82 Å². The molecule has 2 rings (SSSR count). The summed E-state index contributed by atoms with van der Waals surface area (Å²) in [5, 5.41) is 13.1. The largest absolute Gasteiger partial charge is 0.471 e. The average Bonchev–Trinajstić information content (AvgIpc) is 2.69. The normalized spacial score (nSPS) is 10.5. The van der Waals surface area contributed by atoms with Gasteiger partial charge in [-0.3, -0.25) is 4.68 Å². The number of pyridine rings is 1. The van der Waals surface area contributed by atoms with Gasteiger partial charge in [-0.2, -0.15) is 5.10 Å². The predicted octanol–water partition coefficient (Wildman–Crippen LogP) is 1.03. The molecule has 0 spiro atoms. The molecule has 2 aromatic rings. The Bertz CT molecular complexity index is 496. The first kappa shape index (κ1) is 11.5. The molecule has 0 unspecified atom stereocenters. The van der Waals surface area contributed by atoms with E-state index in [2.05, 4.69) is 10.1 Å². The summed E-state index contributed by atoms with van der Waals surface area (Å²) in [6.07, 6.45) is 2.67. The van der Waals surface area contributed by atoms with Crippen LogP contribution in [0.4, 0.5) is 4.39 Å². The Morgan fingerprint density at radius 2 is 2.24 bits per heavy atom. The van der Waals surface area contributed by atoms with Crippen LogP contribution in [0.25, 0.3) is 0 Å². The lowest BCUT2D eigenvalue weighted by molar-refractivity contribution is 0.261. The minimum atomic E-state index is -0.408. The van der Waals surface area contributed by atoms with Gasteiger partial charge in [0.25, 0.3) is 0 Å². The van der Waals surface area contributed by atoms with E-state index in [9.17, 15) is 4.39 Å². The maximum absolute atomic E-state index is 12.6. The molecule has 2 heterocycles. The Kier molecular flexibility index (Phi) is 3.34. The maximum Gasteiger partial charge on any atom is 0.213 e. The van der Waals surface area contributed by atoms with Crippen LogP contribution in [0.3, 0.4) is 0 Å². The molecule has 90 valence electrons. The first-order chi connectivity index (χ1) is 8.20. The van der Waals surface area contributed by atoms with Crippen molar-refractivity contribution in [3.05, 3.63) is 41.6 Å². The van der Waals surface area contributed by atoms with Gasteiger partial charge in [0.15, 0.2) is 0 Å². The number of halogens is 1. The van der Waals surface area contributed by atoms with Gasteiger partial charge in [-0.15, -0.1) is 0 Å². The van der Waals surface area contributed by atoms with Crippen molar-refractivity contribution in [2.24, 2.45) is 7.05 Å². The van der Waals surface area contributed by atoms with Crippen molar-refractivity contribution in [2.45, 2.75) is 13.2 Å². The number of aliphatic hydroxyl groups is 1. The van der Waals surface area contributed by atoms with Crippen molar-refractivity contribution in [2.75, 3.05) is 0 Å². The standard InChI is InChI=1S/C11H12FN3O2/c1-15-10(8(6-16)4-14-15)7-17-11-3-2-9(12)5-13-11/h2-5,16H,6-7H2,1H3. The zero-order chi connectivity index (χ0) is 12.3. The summed E-state index contributed by atoms with van der Waals surface area (Å²) in [6.45, 7) is 0.133. The Balaban J connectivity index is 2.06. The molecule has 5 nitrogen and oxygen atoms in total. The minimum absolute atomic E-state index is 0.0939. The fraction of sp³-hybridized carbons (Fsp3) is 0.273. The molecule has 0 bridgehead atoms. The van der Waals surface area contributed by atoms with Crippen molar-refractivity contribution in [1.29, 1.82) is 0 Å². The van der Waals surface area contributed by atoms with E-state index in [-0.39, 0.29) is 13.2 Å². The van der Waals surface area contributed by atoms with Crippen LogP contribution >= 0.6 is 0 Å². The van der Waals surface area contributed by atoms with Gasteiger partial charge in [-0.25, -0.2) is 9.37 Å². The van der Waals surface area contributed by atoms with Crippen LogP contribution in [0.15, 0.2) is 24.5 Å². The summed E-state index contributed by atoms with van der Waals surface area (Å²) in [5.41, 5.74) is 1.47. The zero-order valence-electron chi connectivity index (χ0n) is 9.30. The smallest absolute Gasteiger partial charge is 0.213 e. The lowest BCUT2D eigenvalue weighted by Gasteiger charge is -2.07. The molecule has 0 aliphatic carbocycles. The molecular formula is C11H12FN3O2. The predicted molar refractivity (Wildman–Crippen MR) is 57.7 cm³/mol. The van der Waals surface area contributed by atoms with Gasteiger partial charge in [0.1, 0.15) is 12.4 Å². The molecule has 0 aliphatic heterocycles. The van der Waals surface area contributed by atoms with E-state index in [1.807, 2.05) is 0 Å². The summed E-state index contributed by atoms with van der Waals surface area (Å²) < 4.78 is 19.6. The lowest BCUT2D eigenvalue weighted by atomic mass is 10.3. The summed E-state index contributed by atoms with van der Waals surface area (Å²) in [6, 6.07) is 2.73. The summed E-state index contributed by atoms with van der Waals surface area (Å²) in [5.74, 6) is -0.0783. The number of nitrogens with zero attached hydrogens (tertiary/aromatic N) is 3. The lowest BCUT2D eigenvalue weighted by Crippen LogP contribution is -2.06. The van der Waals surface area contributed by atoms with E-state index >= 15 is 0 Å². The van der Waals surface area contributed by atoms with Crippen molar-refractivity contribution in [3.8, 4) is 5.88 Å². The fourth-order valence-corrected chi connectivity index (χ4v) is 1.42. The van der Waals surface area contributed by atoms with Crippen LogP contribution in [0, 0.1) is 5.82 Å². The van der Waals surface area contributed by atoms with Crippen LogP contribution in [0.1, 0.15) is 11.3 Å². The van der Waals surface area contributed by atoms with E-state index in [1.54, 1.807) is 17.9 Å². The second-order valence-electron chi connectivity index (χ2n) is 3.50. The van der Waals surface area contributed by atoms with Gasteiger partial charge in [-0.05, 0) is 6.07 Å². The third kappa shape index (κ3) is 2.59. The van der Waals surface area contributed by atoms with Crippen LogP contribution in [0.5, 0.6) is 5.88 Å². The molecule has 0 aromatic carbocycles. The molecule has 6 heteroatoms. The van der Waals surface area contributed by atoms with Crippen molar-refractivity contribution in [1.82, 2.24) is 14.8 Å². The second-order valence-corrected chi connectivity index (χ2v) is 3.50. The molecule has 0 atom stereocenters. The Hall–Kier alpha value is -1.95. The molecule has 0 fully saturated rings. The topological polar surface area (TPSA) is 60.2 Å². The third-order valence-corrected chi connectivity index (χ3v) is 2.38. The number of aryl methyl sites for hydroxylation is 1. The quantitative estimate of drug-likeness (QED) is 0.862. The molecule has 1 N–H and O–H groups in total. The Labute approximate surface area is 97.5 Å². The number of rotatable bonds is 4. The fourth-order valence-electron chi connectivity index (χ4n) is 1.42. The Morgan fingerprint density at radius 1 is 1.41 bits per heavy atom. The van der Waals surface area contributed by atoms with E-state index in [0.717, 1.165) is 11.9 Å². The van der Waals surface area contributed by atoms with Gasteiger partial charge >= 0.3 is 0 Å². The van der Waals surface area contributed by atoms with E-state index in [1.165, 1.54) is 12.1 Å². The number of hydrogen-bond acceptors (Lipinski definition) is 4. The highest BCUT2D eigenvalue weighted by atomic mass is 19.1. The van der Waals surface area contributed by atoms with Crippen molar-refractivity contribution >= 4 is 0 Å². The monoisotopic (exact) mass is 237 g/mol. The maximum atomic E-state index is 12.6. The molecule has 0 saturated heterocycles. The van der Waals surface area contributed by atoms with Crippen LogP contribution in [-0.4, -0.2) is 19.9 Å². The summed E-state index contributed by atoms with van der Waals surface area (Å²) in [7, 11) is 1.76. The summed E-state index contributed by atoms with van der Waals surface area (Å²) in [4.78, 5) is 3.77. The SMILES string of the molecule is Cn1ncc(CO)c1COc1ccc(F)cn1. The molecule has 0 amide bonds. The van der Waals surface area contributed by atoms with E-state index in [0.29, 0.717) is 11.4 Å². The van der Waals surface area contributed by atoms with Gasteiger partial charge in [0.2, 0.25) is 5.88 Å². The highest BCUT2D eigenvalue weighted by Crippen LogP contribution is 2.12. The van der Waals surface area contributed by atoms with Gasteiger partial charge in [0, 0.05) is 18.7 Å². The zero-order valence-corrected chi connectivity index (χ0v) is 9.30. The van der Waals surface area contributed by atoms with Crippen molar-refractivity contribution in [3.63, 3.8) is 0 Å². The molecule has 2 aromatic heterocycles. The van der Waals surface area contributed by atoms with Crippen LogP contribution < -0.4 is 4.74 Å². The molecule has 0 saturated carbocycles. The van der Waals surface area contributed by atoms with Crippen molar-refractivity contribution < 1.29 is 14.2 Å². The number of hydrogen-bond donors (Lipinski definition) is 1. The molecular weight excluding hydrogens is 225 g/mol. The van der Waals surface area contributed by atoms with Crippen LogP contribution in [0.2, 0.25) is 0 Å². The first-order valence-electron chi connectivity index (χ1n) is 5.05. The van der Waals surface area contributed by atoms with E-state index in [4.69, 9.17) is 9.84 Å². The molecule has 17 heavy (non-hydrogen) atoms. The second kappa shape index (κ2) is 4.92. The molecule has 0 radical (unpaired) electrons. The number of aliphatic hydroxyl groups excluding tert-OH is 1. The highest BCUT2D eigenvalue weighted by molar-refractivity contribution is 5.17. The number of aromatic nitrogens is 3. The minimum Gasteiger partial charge on any atom is -0.471 e. The van der Waals surface area contributed by atoms with Gasteiger partial charge < -0.3 is 9.84 Å². The number of ether oxygens (including phenoxy) is 1. The van der Waals surface area contributed by atoms with Crippen LogP contribution in [-0.2, 0) is 20.3 Å². The highest BCUT2D eigenvalue weighted by Gasteiger charge is 2.08.